The van der Waals surface area contributed by atoms with Crippen LogP contribution in [0.15, 0.2) is 60.0 Å². The third-order valence-corrected chi connectivity index (χ3v) is 3.32. The van der Waals surface area contributed by atoms with Gasteiger partial charge in [0.1, 0.15) is 0 Å². The van der Waals surface area contributed by atoms with Crippen LogP contribution in [0.5, 0.6) is 0 Å². The van der Waals surface area contributed by atoms with Gasteiger partial charge in [-0.25, -0.2) is 0 Å². The number of rotatable bonds is 4. The molecule has 88 valence electrons. The highest BCUT2D eigenvalue weighted by Gasteiger charge is 1.92. The number of nitrogens with zero attached hydrogens (tertiary/aromatic N) is 1. The summed E-state index contributed by atoms with van der Waals surface area (Å²) in [5, 5.41) is 10.8. The van der Waals surface area contributed by atoms with Crippen molar-refractivity contribution in [3.05, 3.63) is 76.7 Å². The molecular weight excluding hydrogens is 238 g/mol. The molecule has 0 N–H and O–H groups in total. The van der Waals surface area contributed by atoms with Gasteiger partial charge in [-0.1, -0.05) is 42.5 Å². The largest absolute Gasteiger partial charge is 0.192 e. The van der Waals surface area contributed by atoms with E-state index in [4.69, 9.17) is 5.26 Å². The van der Waals surface area contributed by atoms with Crippen molar-refractivity contribution in [1.29, 1.82) is 5.26 Å². The van der Waals surface area contributed by atoms with Gasteiger partial charge in [-0.05, 0) is 34.7 Å². The van der Waals surface area contributed by atoms with E-state index in [0.717, 1.165) is 5.75 Å². The smallest absolute Gasteiger partial charge is 0.0991 e. The molecule has 2 heteroatoms. The molecule has 18 heavy (non-hydrogen) atoms. The number of thioether (sulfide) groups is 1. The van der Waals surface area contributed by atoms with E-state index in [2.05, 4.69) is 29.7 Å². The normalized spacial score (nSPS) is 10.4. The molecule has 0 aliphatic heterocycles. The van der Waals surface area contributed by atoms with Crippen LogP contribution in [0.25, 0.3) is 6.08 Å². The first-order valence-electron chi connectivity index (χ1n) is 5.71. The van der Waals surface area contributed by atoms with Crippen molar-refractivity contribution in [3.63, 3.8) is 0 Å². The van der Waals surface area contributed by atoms with E-state index in [-0.39, 0.29) is 0 Å². The summed E-state index contributed by atoms with van der Waals surface area (Å²) in [6, 6.07) is 20.1. The minimum absolute atomic E-state index is 0.712. The summed E-state index contributed by atoms with van der Waals surface area (Å²) in [4.78, 5) is 0. The molecular formula is C16H13NS. The van der Waals surface area contributed by atoms with Gasteiger partial charge in [0.15, 0.2) is 0 Å². The molecule has 0 unspecified atom stereocenters. The third-order valence-electron chi connectivity index (χ3n) is 2.49. The first kappa shape index (κ1) is 12.5. The molecule has 2 aromatic carbocycles. The zero-order valence-electron chi connectivity index (χ0n) is 9.91. The highest BCUT2D eigenvalue weighted by atomic mass is 32.2. The molecule has 0 spiro atoms. The van der Waals surface area contributed by atoms with E-state index in [9.17, 15) is 0 Å². The minimum Gasteiger partial charge on any atom is -0.192 e. The van der Waals surface area contributed by atoms with Crippen molar-refractivity contribution in [3.8, 4) is 6.07 Å². The number of nitriles is 1. The molecule has 2 rings (SSSR count). The lowest BCUT2D eigenvalue weighted by molar-refractivity contribution is 1.40. The van der Waals surface area contributed by atoms with Crippen molar-refractivity contribution in [2.24, 2.45) is 0 Å². The summed E-state index contributed by atoms with van der Waals surface area (Å²) >= 11 is 1.75. The summed E-state index contributed by atoms with van der Waals surface area (Å²) in [5.74, 6) is 0.926. The Morgan fingerprint density at radius 3 is 2.39 bits per heavy atom. The van der Waals surface area contributed by atoms with Crippen molar-refractivity contribution >= 4 is 17.8 Å². The van der Waals surface area contributed by atoms with Crippen LogP contribution < -0.4 is 0 Å². The van der Waals surface area contributed by atoms with Gasteiger partial charge < -0.3 is 0 Å². The predicted octanol–water partition coefficient (Wildman–Crippen LogP) is 4.46. The van der Waals surface area contributed by atoms with Crippen LogP contribution in [0.4, 0.5) is 0 Å². The van der Waals surface area contributed by atoms with Gasteiger partial charge in [0.05, 0.1) is 11.6 Å². The molecule has 0 heterocycles. The fourth-order valence-corrected chi connectivity index (χ4v) is 2.25. The maximum Gasteiger partial charge on any atom is 0.0991 e. The quantitative estimate of drug-likeness (QED) is 0.801. The van der Waals surface area contributed by atoms with E-state index in [1.807, 2.05) is 42.5 Å². The lowest BCUT2D eigenvalue weighted by atomic mass is 10.2. The molecule has 0 saturated carbocycles. The Bertz CT molecular complexity index is 550. The molecule has 2 aromatic rings. The zero-order valence-corrected chi connectivity index (χ0v) is 10.7. The Hall–Kier alpha value is -1.98. The van der Waals surface area contributed by atoms with Crippen molar-refractivity contribution in [2.75, 3.05) is 0 Å². The minimum atomic E-state index is 0.712. The highest BCUT2D eigenvalue weighted by Crippen LogP contribution is 2.15. The van der Waals surface area contributed by atoms with E-state index in [1.165, 1.54) is 11.1 Å². The van der Waals surface area contributed by atoms with Crippen LogP contribution in [-0.4, -0.2) is 0 Å². The van der Waals surface area contributed by atoms with E-state index in [1.54, 1.807) is 11.8 Å². The zero-order chi connectivity index (χ0) is 12.6. The van der Waals surface area contributed by atoms with E-state index < -0.39 is 0 Å². The molecule has 0 bridgehead atoms. The molecule has 1 nitrogen and oxygen atoms in total. The second kappa shape index (κ2) is 6.68. The predicted molar refractivity (Wildman–Crippen MR) is 77.9 cm³/mol. The Kier molecular flexibility index (Phi) is 4.63. The summed E-state index contributed by atoms with van der Waals surface area (Å²) in [6.45, 7) is 0. The molecule has 0 saturated heterocycles. The van der Waals surface area contributed by atoms with Crippen LogP contribution in [0, 0.1) is 11.3 Å². The average molecular weight is 251 g/mol. The van der Waals surface area contributed by atoms with Crippen molar-refractivity contribution in [2.45, 2.75) is 5.75 Å². The van der Waals surface area contributed by atoms with E-state index >= 15 is 0 Å². The van der Waals surface area contributed by atoms with Gasteiger partial charge in [0.25, 0.3) is 0 Å². The molecule has 0 amide bonds. The fourth-order valence-electron chi connectivity index (χ4n) is 1.51. The third kappa shape index (κ3) is 3.80. The van der Waals surface area contributed by atoms with Gasteiger partial charge >= 0.3 is 0 Å². The Morgan fingerprint density at radius 2 is 1.72 bits per heavy atom. The van der Waals surface area contributed by atoms with Crippen LogP contribution in [0.1, 0.15) is 16.7 Å². The monoisotopic (exact) mass is 251 g/mol. The highest BCUT2D eigenvalue weighted by molar-refractivity contribution is 8.01. The first-order valence-corrected chi connectivity index (χ1v) is 6.75. The number of hydrogen-bond acceptors (Lipinski definition) is 2. The fraction of sp³-hybridized carbons (Fsp3) is 0.0625. The Morgan fingerprint density at radius 1 is 1.00 bits per heavy atom. The van der Waals surface area contributed by atoms with Gasteiger partial charge in [-0.15, -0.1) is 11.8 Å². The van der Waals surface area contributed by atoms with Crippen molar-refractivity contribution in [1.82, 2.24) is 0 Å². The molecule has 0 radical (unpaired) electrons. The van der Waals surface area contributed by atoms with Gasteiger partial charge in [0.2, 0.25) is 0 Å². The van der Waals surface area contributed by atoms with Crippen LogP contribution in [-0.2, 0) is 5.75 Å². The maximum absolute atomic E-state index is 8.70. The second-order valence-corrected chi connectivity index (χ2v) is 4.73. The molecule has 0 aromatic heterocycles. The lowest BCUT2D eigenvalue weighted by Gasteiger charge is -1.98. The summed E-state index contributed by atoms with van der Waals surface area (Å²) in [6.07, 6.45) is 2.11. The maximum atomic E-state index is 8.70. The molecule has 0 fully saturated rings. The Balaban J connectivity index is 1.85. The van der Waals surface area contributed by atoms with Gasteiger partial charge in [0, 0.05) is 5.75 Å². The molecule has 0 atom stereocenters. The first-order chi connectivity index (χ1) is 8.88. The standard InChI is InChI=1S/C16H13NS/c17-12-15-6-8-16(9-7-15)13-18-11-10-14-4-2-1-3-5-14/h1-11H,13H2/b11-10+. The van der Waals surface area contributed by atoms with E-state index in [0.29, 0.717) is 5.56 Å². The van der Waals surface area contributed by atoms with Gasteiger partial charge in [-0.3, -0.25) is 0 Å². The molecule has 0 aliphatic carbocycles. The Labute approximate surface area is 112 Å². The van der Waals surface area contributed by atoms with Crippen molar-refractivity contribution < 1.29 is 0 Å². The second-order valence-electron chi connectivity index (χ2n) is 3.83. The van der Waals surface area contributed by atoms with Crippen LogP contribution >= 0.6 is 11.8 Å². The van der Waals surface area contributed by atoms with Crippen LogP contribution in [0.2, 0.25) is 0 Å². The SMILES string of the molecule is N#Cc1ccc(CS/C=C/c2ccccc2)cc1. The topological polar surface area (TPSA) is 23.8 Å². The number of hydrogen-bond donors (Lipinski definition) is 0. The van der Waals surface area contributed by atoms with Crippen LogP contribution in [0.3, 0.4) is 0 Å². The summed E-state index contributed by atoms with van der Waals surface area (Å²) < 4.78 is 0. The summed E-state index contributed by atoms with van der Waals surface area (Å²) in [5.41, 5.74) is 3.16. The van der Waals surface area contributed by atoms with Gasteiger partial charge in [-0.2, -0.15) is 5.26 Å². The lowest BCUT2D eigenvalue weighted by Crippen LogP contribution is -1.79. The molecule has 0 aliphatic rings. The summed E-state index contributed by atoms with van der Waals surface area (Å²) in [7, 11) is 0. The number of benzene rings is 2. The average Bonchev–Trinajstić information content (AvgIpc) is 2.45.